The Kier molecular flexibility index (Phi) is 7.45. The number of ether oxygens (including phenoxy) is 1. The van der Waals surface area contributed by atoms with E-state index in [1.165, 1.54) is 4.68 Å². The van der Waals surface area contributed by atoms with Crippen LogP contribution in [0.25, 0.3) is 11.1 Å². The van der Waals surface area contributed by atoms with Crippen LogP contribution in [0.4, 0.5) is 4.79 Å². The van der Waals surface area contributed by atoms with Crippen molar-refractivity contribution < 1.29 is 24.2 Å². The van der Waals surface area contributed by atoms with Gasteiger partial charge in [-0.15, -0.1) is 5.10 Å². The number of carbonyl (C=O) groups excluding carboxylic acids is 2. The number of nitrogens with one attached hydrogen (secondary N) is 2. The first kappa shape index (κ1) is 24.4. The maximum absolute atomic E-state index is 12.8. The molecular weight excluding hydrogens is 518 g/mol. The highest BCUT2D eigenvalue weighted by atomic mass is 79.9. The van der Waals surface area contributed by atoms with E-state index in [0.717, 1.165) is 22.3 Å². The number of benzene rings is 2. The number of aryl methyl sites for hydroxylation is 1. The van der Waals surface area contributed by atoms with Gasteiger partial charge in [-0.05, 0) is 44.6 Å². The number of carbonyl (C=O) groups is 3. The summed E-state index contributed by atoms with van der Waals surface area (Å²) in [5.41, 5.74) is 4.96. The van der Waals surface area contributed by atoms with Gasteiger partial charge in [0.15, 0.2) is 4.60 Å². The van der Waals surface area contributed by atoms with Gasteiger partial charge in [0.25, 0.3) is 0 Å². The van der Waals surface area contributed by atoms with Gasteiger partial charge >= 0.3 is 12.1 Å². The molecule has 0 saturated heterocycles. The van der Waals surface area contributed by atoms with E-state index in [-0.39, 0.29) is 31.9 Å². The monoisotopic (exact) mass is 541 g/mol. The first-order valence-corrected chi connectivity index (χ1v) is 11.8. The summed E-state index contributed by atoms with van der Waals surface area (Å²) in [5.74, 6) is -1.74. The Morgan fingerprint density at radius 1 is 1.11 bits per heavy atom. The molecule has 0 aliphatic heterocycles. The lowest BCUT2D eigenvalue weighted by atomic mass is 9.98. The van der Waals surface area contributed by atoms with Crippen LogP contribution in [-0.2, 0) is 27.9 Å². The lowest BCUT2D eigenvalue weighted by Gasteiger charge is -2.19. The molecule has 182 valence electrons. The number of hydrogen-bond donors (Lipinski definition) is 3. The van der Waals surface area contributed by atoms with Crippen LogP contribution >= 0.6 is 15.9 Å². The number of amides is 2. The number of nitrogens with zero attached hydrogens (tertiary/aromatic N) is 3. The zero-order chi connectivity index (χ0) is 24.9. The number of rotatable bonds is 9. The van der Waals surface area contributed by atoms with E-state index in [0.29, 0.717) is 10.3 Å². The summed E-state index contributed by atoms with van der Waals surface area (Å²) in [7, 11) is 1.68. The highest BCUT2D eigenvalue weighted by Crippen LogP contribution is 2.44. The number of halogens is 1. The van der Waals surface area contributed by atoms with Crippen molar-refractivity contribution in [2.75, 3.05) is 6.61 Å². The van der Waals surface area contributed by atoms with Crippen LogP contribution in [-0.4, -0.2) is 50.7 Å². The first-order chi connectivity index (χ1) is 16.8. The second-order valence-electron chi connectivity index (χ2n) is 8.12. The van der Waals surface area contributed by atoms with Gasteiger partial charge in [0.2, 0.25) is 5.91 Å². The molecule has 0 fully saturated rings. The summed E-state index contributed by atoms with van der Waals surface area (Å²) < 4.78 is 7.48. The molecule has 1 unspecified atom stereocenters. The molecule has 35 heavy (non-hydrogen) atoms. The van der Waals surface area contributed by atoms with E-state index in [9.17, 15) is 14.4 Å². The van der Waals surface area contributed by atoms with Gasteiger partial charge in [-0.1, -0.05) is 53.7 Å². The van der Waals surface area contributed by atoms with Crippen LogP contribution < -0.4 is 10.6 Å². The van der Waals surface area contributed by atoms with E-state index < -0.39 is 24.0 Å². The van der Waals surface area contributed by atoms with Crippen molar-refractivity contribution in [2.24, 2.45) is 7.05 Å². The molecule has 0 radical (unpaired) electrons. The third-order valence-corrected chi connectivity index (χ3v) is 6.54. The number of fused-ring (bicyclic) bond motifs is 3. The molecule has 1 heterocycles. The molecule has 0 bridgehead atoms. The van der Waals surface area contributed by atoms with Crippen molar-refractivity contribution in [1.29, 1.82) is 0 Å². The van der Waals surface area contributed by atoms with Crippen molar-refractivity contribution in [3.05, 3.63) is 70.0 Å². The van der Waals surface area contributed by atoms with Crippen molar-refractivity contribution in [2.45, 2.75) is 31.3 Å². The van der Waals surface area contributed by atoms with Crippen LogP contribution in [0.1, 0.15) is 35.6 Å². The fraction of sp³-hybridized carbons (Fsp3) is 0.292. The number of aliphatic carboxylic acids is 1. The van der Waals surface area contributed by atoms with E-state index in [4.69, 9.17) is 9.84 Å². The van der Waals surface area contributed by atoms with Crippen molar-refractivity contribution in [1.82, 2.24) is 25.6 Å². The van der Waals surface area contributed by atoms with Crippen LogP contribution in [0, 0.1) is 0 Å². The predicted molar refractivity (Wildman–Crippen MR) is 129 cm³/mol. The lowest BCUT2D eigenvalue weighted by molar-refractivity contribution is -0.137. The van der Waals surface area contributed by atoms with Gasteiger partial charge in [0, 0.05) is 19.4 Å². The Bertz CT molecular complexity index is 1200. The minimum Gasteiger partial charge on any atom is -0.481 e. The fourth-order valence-electron chi connectivity index (χ4n) is 4.15. The topological polar surface area (TPSA) is 135 Å². The second kappa shape index (κ2) is 10.7. The smallest absolute Gasteiger partial charge is 0.407 e. The molecule has 3 N–H and O–H groups in total. The number of alkyl carbamates (subject to hydrolysis) is 1. The summed E-state index contributed by atoms with van der Waals surface area (Å²) >= 11 is 3.26. The summed E-state index contributed by atoms with van der Waals surface area (Å²) in [5, 5.41) is 22.0. The third kappa shape index (κ3) is 5.51. The van der Waals surface area contributed by atoms with Gasteiger partial charge in [-0.25, -0.2) is 9.48 Å². The molecule has 0 saturated carbocycles. The summed E-state index contributed by atoms with van der Waals surface area (Å²) in [6, 6.07) is 14.8. The largest absolute Gasteiger partial charge is 0.481 e. The van der Waals surface area contributed by atoms with Gasteiger partial charge in [0.1, 0.15) is 12.6 Å². The molecule has 1 atom stereocenters. The standard InChI is InChI=1S/C24H24BrN5O5/c1-30-20(22(25)28-29-30)12-26-23(33)19(10-11-21(31)32)27-24(34)35-13-18-16-8-4-2-6-14(16)15-7-3-5-9-17(15)18/h2-9,18-19H,10-13H2,1H3,(H,26,33)(H,27,34)(H,31,32). The molecule has 1 aliphatic rings. The Balaban J connectivity index is 1.40. The molecule has 11 heteroatoms. The van der Waals surface area contributed by atoms with Crippen molar-refractivity contribution in [3.63, 3.8) is 0 Å². The Labute approximate surface area is 209 Å². The normalized spacial score (nSPS) is 13.0. The average Bonchev–Trinajstić information content (AvgIpc) is 3.34. The Hall–Kier alpha value is -3.73. The molecule has 2 aromatic carbocycles. The van der Waals surface area contributed by atoms with Crippen LogP contribution in [0.15, 0.2) is 53.1 Å². The first-order valence-electron chi connectivity index (χ1n) is 11.0. The highest BCUT2D eigenvalue weighted by molar-refractivity contribution is 9.10. The number of carboxylic acids is 1. The third-order valence-electron chi connectivity index (χ3n) is 5.92. The van der Waals surface area contributed by atoms with Gasteiger partial charge in [-0.2, -0.15) is 0 Å². The zero-order valence-electron chi connectivity index (χ0n) is 18.9. The maximum Gasteiger partial charge on any atom is 0.407 e. The van der Waals surface area contributed by atoms with Crippen LogP contribution in [0.2, 0.25) is 0 Å². The Morgan fingerprint density at radius 3 is 2.31 bits per heavy atom. The molecule has 10 nitrogen and oxygen atoms in total. The number of carboxylic acid groups (broad SMARTS) is 1. The van der Waals surface area contributed by atoms with E-state index in [1.807, 2.05) is 48.5 Å². The minimum absolute atomic E-state index is 0.0841. The predicted octanol–water partition coefficient (Wildman–Crippen LogP) is 2.97. The van der Waals surface area contributed by atoms with Crippen LogP contribution in [0.5, 0.6) is 0 Å². The number of aromatic nitrogens is 3. The van der Waals surface area contributed by atoms with Crippen LogP contribution in [0.3, 0.4) is 0 Å². The van der Waals surface area contributed by atoms with Gasteiger partial charge in [0.05, 0.1) is 12.2 Å². The molecule has 3 aromatic rings. The highest BCUT2D eigenvalue weighted by Gasteiger charge is 2.30. The average molecular weight is 542 g/mol. The maximum atomic E-state index is 12.8. The van der Waals surface area contributed by atoms with E-state index >= 15 is 0 Å². The zero-order valence-corrected chi connectivity index (χ0v) is 20.5. The van der Waals surface area contributed by atoms with E-state index in [1.54, 1.807) is 7.05 Å². The fourth-order valence-corrected chi connectivity index (χ4v) is 4.62. The summed E-state index contributed by atoms with van der Waals surface area (Å²) in [6.07, 6.45) is -1.17. The molecule has 1 aliphatic carbocycles. The van der Waals surface area contributed by atoms with E-state index in [2.05, 4.69) is 36.9 Å². The number of hydrogen-bond acceptors (Lipinski definition) is 6. The lowest BCUT2D eigenvalue weighted by Crippen LogP contribution is -2.47. The molecule has 1 aromatic heterocycles. The van der Waals surface area contributed by atoms with Crippen molar-refractivity contribution >= 4 is 33.9 Å². The molecule has 4 rings (SSSR count). The molecular formula is C24H24BrN5O5. The summed E-state index contributed by atoms with van der Waals surface area (Å²) in [4.78, 5) is 36.5. The van der Waals surface area contributed by atoms with Gasteiger partial charge < -0.3 is 20.5 Å². The SMILES string of the molecule is Cn1nnc(Br)c1CNC(=O)C(CCC(=O)O)NC(=O)OCC1c2ccccc2-c2ccccc21. The Morgan fingerprint density at radius 2 is 1.74 bits per heavy atom. The summed E-state index contributed by atoms with van der Waals surface area (Å²) in [6.45, 7) is 0.180. The van der Waals surface area contributed by atoms with Gasteiger partial charge in [-0.3, -0.25) is 9.59 Å². The van der Waals surface area contributed by atoms with Crippen molar-refractivity contribution in [3.8, 4) is 11.1 Å². The quantitative estimate of drug-likeness (QED) is 0.378. The minimum atomic E-state index is -1.08. The second-order valence-corrected chi connectivity index (χ2v) is 8.87. The molecule has 0 spiro atoms. The molecule has 2 amide bonds.